The third-order valence-corrected chi connectivity index (χ3v) is 8.74. The van der Waals surface area contributed by atoms with Crippen LogP contribution in [0.3, 0.4) is 0 Å². The van der Waals surface area contributed by atoms with E-state index >= 15 is 0 Å². The van der Waals surface area contributed by atoms with Gasteiger partial charge in [0.05, 0.1) is 34.4 Å². The molecule has 0 unspecified atom stereocenters. The molecule has 0 aliphatic heterocycles. The lowest BCUT2D eigenvalue weighted by Crippen LogP contribution is -2.30. The van der Waals surface area contributed by atoms with Crippen LogP contribution in [0.5, 0.6) is 0 Å². The molecule has 5 aromatic rings. The molecule has 3 aromatic carbocycles. The minimum atomic E-state index is -4.21. The molecular weight excluding hydrogens is 510 g/mol. The van der Waals surface area contributed by atoms with Gasteiger partial charge in [0.1, 0.15) is 15.9 Å². The highest BCUT2D eigenvalue weighted by atomic mass is 32.2. The number of amides is 1. The van der Waals surface area contributed by atoms with Gasteiger partial charge in [-0.25, -0.2) is 17.8 Å². The number of carbonyl (C=O) groups is 1. The summed E-state index contributed by atoms with van der Waals surface area (Å²) in [5.41, 5.74) is 1.94. The van der Waals surface area contributed by atoms with Crippen molar-refractivity contribution in [1.29, 1.82) is 0 Å². The molecule has 0 radical (unpaired) electrons. The summed E-state index contributed by atoms with van der Waals surface area (Å²) in [5.74, 6) is -0.821. The maximum absolute atomic E-state index is 13.7. The monoisotopic (exact) mass is 533 g/mol. The van der Waals surface area contributed by atoms with Crippen LogP contribution in [0.2, 0.25) is 0 Å². The average Bonchev–Trinajstić information content (AvgIpc) is 3.51. The highest BCUT2D eigenvalue weighted by Gasteiger charge is 2.26. The summed E-state index contributed by atoms with van der Waals surface area (Å²) >= 11 is 0.898. The fourth-order valence-corrected chi connectivity index (χ4v) is 6.84. The van der Waals surface area contributed by atoms with Crippen LogP contribution in [0.25, 0.3) is 27.6 Å². The van der Waals surface area contributed by atoms with E-state index in [0.29, 0.717) is 10.9 Å². The van der Waals surface area contributed by atoms with Crippen LogP contribution in [0, 0.1) is 0 Å². The largest absolute Gasteiger partial charge is 0.279 e. The molecule has 1 amide bonds. The van der Waals surface area contributed by atoms with E-state index in [4.69, 9.17) is 0 Å². The van der Waals surface area contributed by atoms with Gasteiger partial charge < -0.3 is 0 Å². The normalized spacial score (nSPS) is 14.8. The molecule has 9 nitrogen and oxygen atoms in total. The highest BCUT2D eigenvalue weighted by Crippen LogP contribution is 2.32. The Kier molecular flexibility index (Phi) is 5.88. The predicted octanol–water partition coefficient (Wildman–Crippen LogP) is 4.42. The number of sulfonamides is 1. The van der Waals surface area contributed by atoms with Gasteiger partial charge >= 0.3 is 0 Å². The van der Waals surface area contributed by atoms with Crippen LogP contribution < -0.4 is 10.3 Å². The summed E-state index contributed by atoms with van der Waals surface area (Å²) in [6.07, 6.45) is 5.29. The molecule has 2 heterocycles. The van der Waals surface area contributed by atoms with E-state index < -0.39 is 15.9 Å². The van der Waals surface area contributed by atoms with Crippen LogP contribution in [0.4, 0.5) is 0 Å². The first kappa shape index (κ1) is 23.6. The number of para-hydroxylation sites is 1. The number of rotatable bonds is 5. The fourth-order valence-electron chi connectivity index (χ4n) is 5.10. The summed E-state index contributed by atoms with van der Waals surface area (Å²) in [6, 6.07) is 18.9. The zero-order chi connectivity index (χ0) is 25.6. The van der Waals surface area contributed by atoms with Gasteiger partial charge in [-0.2, -0.15) is 8.75 Å². The van der Waals surface area contributed by atoms with Crippen molar-refractivity contribution in [2.24, 2.45) is 0 Å². The minimum Gasteiger partial charge on any atom is -0.274 e. The predicted molar refractivity (Wildman–Crippen MR) is 142 cm³/mol. The lowest BCUT2D eigenvalue weighted by atomic mass is 9.95. The maximum atomic E-state index is 13.7. The quantitative estimate of drug-likeness (QED) is 0.358. The standard InChI is InChI=1S/C26H23N5O4S2/c32-25(29-37(34,35)23-13-7-12-21-24(23)28-36-27-21)17-14-15-22-20(16-17)26(33)31(19-10-5-2-6-11-19)30(22)18-8-3-1-4-9-18/h2,5-7,10-16,18H,1,3-4,8-9H2,(H,29,32). The SMILES string of the molecule is O=C(NS(=O)(=O)c1cccc2nsnc12)c1ccc2c(c1)c(=O)n(-c1ccccc1)n2C1CCCCC1. The molecule has 1 N–H and O–H groups in total. The van der Waals surface area contributed by atoms with Crippen LogP contribution >= 0.6 is 11.7 Å². The van der Waals surface area contributed by atoms with Crippen LogP contribution in [-0.4, -0.2) is 32.4 Å². The molecule has 37 heavy (non-hydrogen) atoms. The van der Waals surface area contributed by atoms with E-state index in [1.807, 2.05) is 35.0 Å². The zero-order valence-electron chi connectivity index (χ0n) is 19.7. The molecule has 188 valence electrons. The summed E-state index contributed by atoms with van der Waals surface area (Å²) < 4.78 is 40.0. The summed E-state index contributed by atoms with van der Waals surface area (Å²) in [7, 11) is -4.21. The van der Waals surface area contributed by atoms with Crippen LogP contribution in [-0.2, 0) is 10.0 Å². The van der Waals surface area contributed by atoms with Gasteiger partial charge in [0.15, 0.2) is 0 Å². The van der Waals surface area contributed by atoms with E-state index in [1.165, 1.54) is 18.6 Å². The Morgan fingerprint density at radius 1 is 0.946 bits per heavy atom. The van der Waals surface area contributed by atoms with Crippen molar-refractivity contribution >= 4 is 49.6 Å². The first-order valence-corrected chi connectivity index (χ1v) is 14.3. The summed E-state index contributed by atoms with van der Waals surface area (Å²) in [6.45, 7) is 0. The van der Waals surface area contributed by atoms with Gasteiger partial charge in [0, 0.05) is 5.56 Å². The second-order valence-corrected chi connectivity index (χ2v) is 11.3. The third-order valence-electron chi connectivity index (χ3n) is 6.83. The number of fused-ring (bicyclic) bond motifs is 2. The highest BCUT2D eigenvalue weighted by molar-refractivity contribution is 7.90. The maximum Gasteiger partial charge on any atom is 0.279 e. The van der Waals surface area contributed by atoms with Gasteiger partial charge in [-0.1, -0.05) is 43.5 Å². The Labute approximate surface area is 216 Å². The van der Waals surface area contributed by atoms with Crippen molar-refractivity contribution in [3.63, 3.8) is 0 Å². The van der Waals surface area contributed by atoms with Crippen molar-refractivity contribution in [1.82, 2.24) is 22.8 Å². The Balaban J connectivity index is 1.42. The van der Waals surface area contributed by atoms with Crippen molar-refractivity contribution in [2.75, 3.05) is 0 Å². The first-order valence-electron chi connectivity index (χ1n) is 12.1. The van der Waals surface area contributed by atoms with Crippen molar-refractivity contribution in [3.8, 4) is 5.69 Å². The van der Waals surface area contributed by atoms with Gasteiger partial charge in [-0.3, -0.25) is 14.3 Å². The molecule has 0 bridgehead atoms. The topological polar surface area (TPSA) is 116 Å². The molecule has 1 saturated carbocycles. The lowest BCUT2D eigenvalue weighted by molar-refractivity contribution is 0.0981. The molecule has 2 aromatic heterocycles. The Morgan fingerprint density at radius 3 is 2.51 bits per heavy atom. The second-order valence-electron chi connectivity index (χ2n) is 9.14. The molecule has 1 aliphatic rings. The Bertz CT molecular complexity index is 1800. The number of aromatic nitrogens is 4. The van der Waals surface area contributed by atoms with Crippen molar-refractivity contribution in [2.45, 2.75) is 43.0 Å². The third kappa shape index (κ3) is 4.13. The van der Waals surface area contributed by atoms with E-state index in [2.05, 4.69) is 13.5 Å². The van der Waals surface area contributed by atoms with Gasteiger partial charge in [0.25, 0.3) is 21.5 Å². The van der Waals surface area contributed by atoms with E-state index in [1.54, 1.807) is 28.9 Å². The Morgan fingerprint density at radius 2 is 1.73 bits per heavy atom. The molecule has 0 saturated heterocycles. The fraction of sp³-hybridized carbons (Fsp3) is 0.231. The number of hydrogen-bond acceptors (Lipinski definition) is 7. The number of benzene rings is 3. The zero-order valence-corrected chi connectivity index (χ0v) is 21.3. The molecule has 11 heteroatoms. The van der Waals surface area contributed by atoms with Crippen LogP contribution in [0.15, 0.2) is 76.4 Å². The molecule has 1 fully saturated rings. The van der Waals surface area contributed by atoms with E-state index in [-0.39, 0.29) is 27.6 Å². The summed E-state index contributed by atoms with van der Waals surface area (Å²) in [5, 5.41) is 0.366. The Hall–Kier alpha value is -3.83. The number of hydrogen-bond donors (Lipinski definition) is 1. The van der Waals surface area contributed by atoms with E-state index in [9.17, 15) is 18.0 Å². The molecule has 0 atom stereocenters. The minimum absolute atomic E-state index is 0.0813. The molecule has 0 spiro atoms. The molecule has 1 aliphatic carbocycles. The average molecular weight is 534 g/mol. The molecular formula is C26H23N5O4S2. The van der Waals surface area contributed by atoms with Crippen molar-refractivity contribution in [3.05, 3.63) is 82.6 Å². The van der Waals surface area contributed by atoms with Crippen LogP contribution in [0.1, 0.15) is 48.5 Å². The molecule has 6 rings (SSSR count). The summed E-state index contributed by atoms with van der Waals surface area (Å²) in [4.78, 5) is 26.6. The number of nitrogens with zero attached hydrogens (tertiary/aromatic N) is 4. The number of carbonyl (C=O) groups excluding carboxylic acids is 1. The smallest absolute Gasteiger partial charge is 0.274 e. The number of nitrogens with one attached hydrogen (secondary N) is 1. The second kappa shape index (κ2) is 9.24. The first-order chi connectivity index (χ1) is 17.9. The van der Waals surface area contributed by atoms with Gasteiger partial charge in [-0.15, -0.1) is 0 Å². The van der Waals surface area contributed by atoms with E-state index in [0.717, 1.165) is 48.6 Å². The van der Waals surface area contributed by atoms with Gasteiger partial charge in [0.2, 0.25) is 0 Å². The van der Waals surface area contributed by atoms with Crippen molar-refractivity contribution < 1.29 is 13.2 Å². The lowest BCUT2D eigenvalue weighted by Gasteiger charge is -2.26. The van der Waals surface area contributed by atoms with Gasteiger partial charge in [-0.05, 0) is 55.3 Å².